The summed E-state index contributed by atoms with van der Waals surface area (Å²) in [5, 5.41) is 3.95. The van der Waals surface area contributed by atoms with Crippen LogP contribution >= 0.6 is 12.2 Å². The first kappa shape index (κ1) is 16.1. The SMILES string of the molecule is COc1ccc(C2NC(=S)N=C3c4ccc(OC)cc4CCC32)cc1. The van der Waals surface area contributed by atoms with Crippen molar-refractivity contribution in [3.63, 3.8) is 0 Å². The Kier molecular flexibility index (Phi) is 4.17. The highest BCUT2D eigenvalue weighted by molar-refractivity contribution is 7.80. The second-order valence-corrected chi connectivity index (χ2v) is 6.75. The largest absolute Gasteiger partial charge is 0.497 e. The molecule has 2 aromatic carbocycles. The Balaban J connectivity index is 1.72. The molecule has 0 saturated carbocycles. The van der Waals surface area contributed by atoms with Crippen molar-refractivity contribution in [2.75, 3.05) is 14.2 Å². The van der Waals surface area contributed by atoms with Crippen molar-refractivity contribution in [2.24, 2.45) is 10.9 Å². The smallest absolute Gasteiger partial charge is 0.193 e. The Bertz CT molecular complexity index is 845. The molecule has 5 heteroatoms. The van der Waals surface area contributed by atoms with Crippen LogP contribution < -0.4 is 14.8 Å². The van der Waals surface area contributed by atoms with E-state index in [-0.39, 0.29) is 6.04 Å². The summed E-state index contributed by atoms with van der Waals surface area (Å²) in [5.41, 5.74) is 4.78. The zero-order valence-electron chi connectivity index (χ0n) is 14.3. The fourth-order valence-corrected chi connectivity index (χ4v) is 4.00. The summed E-state index contributed by atoms with van der Waals surface area (Å²) in [7, 11) is 3.38. The van der Waals surface area contributed by atoms with Gasteiger partial charge < -0.3 is 14.8 Å². The van der Waals surface area contributed by atoms with Gasteiger partial charge in [0.05, 0.1) is 26.0 Å². The first-order valence-electron chi connectivity index (χ1n) is 8.40. The van der Waals surface area contributed by atoms with Crippen molar-refractivity contribution in [3.8, 4) is 11.5 Å². The highest BCUT2D eigenvalue weighted by Gasteiger charge is 2.36. The predicted octanol–water partition coefficient (Wildman–Crippen LogP) is 3.68. The van der Waals surface area contributed by atoms with Crippen molar-refractivity contribution < 1.29 is 9.47 Å². The average Bonchev–Trinajstić information content (AvgIpc) is 2.66. The fourth-order valence-electron chi connectivity index (χ4n) is 3.77. The molecular weight excluding hydrogens is 332 g/mol. The van der Waals surface area contributed by atoms with Crippen LogP contribution in [0, 0.1) is 5.92 Å². The molecule has 0 bridgehead atoms. The summed E-state index contributed by atoms with van der Waals surface area (Å²) in [4.78, 5) is 4.68. The van der Waals surface area contributed by atoms with E-state index in [9.17, 15) is 0 Å². The van der Waals surface area contributed by atoms with Gasteiger partial charge in [0.2, 0.25) is 0 Å². The summed E-state index contributed by atoms with van der Waals surface area (Å²) < 4.78 is 10.6. The highest BCUT2D eigenvalue weighted by Crippen LogP contribution is 2.38. The van der Waals surface area contributed by atoms with Gasteiger partial charge in [-0.3, -0.25) is 0 Å². The maximum atomic E-state index is 5.43. The van der Waals surface area contributed by atoms with Crippen LogP contribution in [0.2, 0.25) is 0 Å². The van der Waals surface area contributed by atoms with Gasteiger partial charge in [-0.05, 0) is 72.1 Å². The molecule has 25 heavy (non-hydrogen) atoms. The predicted molar refractivity (Wildman–Crippen MR) is 103 cm³/mol. The summed E-state index contributed by atoms with van der Waals surface area (Å²) >= 11 is 5.43. The Morgan fingerprint density at radius 2 is 1.76 bits per heavy atom. The maximum absolute atomic E-state index is 5.43. The average molecular weight is 352 g/mol. The van der Waals surface area contributed by atoms with Gasteiger partial charge in [0.25, 0.3) is 0 Å². The van der Waals surface area contributed by atoms with Gasteiger partial charge in [0.1, 0.15) is 11.5 Å². The van der Waals surface area contributed by atoms with E-state index < -0.39 is 0 Å². The molecule has 4 rings (SSSR count). The lowest BCUT2D eigenvalue weighted by atomic mass is 9.75. The lowest BCUT2D eigenvalue weighted by molar-refractivity contribution is 0.412. The minimum absolute atomic E-state index is 0.140. The van der Waals surface area contributed by atoms with Crippen molar-refractivity contribution in [2.45, 2.75) is 18.9 Å². The molecule has 0 radical (unpaired) electrons. The van der Waals surface area contributed by atoms with Crippen LogP contribution in [0.25, 0.3) is 0 Å². The molecule has 2 atom stereocenters. The lowest BCUT2D eigenvalue weighted by Gasteiger charge is -2.37. The van der Waals surface area contributed by atoms with Crippen LogP contribution in [0.4, 0.5) is 0 Å². The molecule has 2 aromatic rings. The fraction of sp³-hybridized carbons (Fsp3) is 0.300. The molecule has 1 aliphatic carbocycles. The van der Waals surface area contributed by atoms with Crippen LogP contribution in [0.15, 0.2) is 47.5 Å². The number of nitrogens with zero attached hydrogens (tertiary/aromatic N) is 1. The molecule has 4 nitrogen and oxygen atoms in total. The number of aryl methyl sites for hydroxylation is 1. The Labute approximate surface area is 152 Å². The Morgan fingerprint density at radius 1 is 1.04 bits per heavy atom. The van der Waals surface area contributed by atoms with E-state index in [0.717, 1.165) is 30.1 Å². The number of hydrogen-bond acceptors (Lipinski definition) is 3. The van der Waals surface area contributed by atoms with Gasteiger partial charge in [-0.2, -0.15) is 0 Å². The number of aliphatic imine (C=N–C) groups is 1. The first-order valence-corrected chi connectivity index (χ1v) is 8.80. The molecule has 2 unspecified atom stereocenters. The van der Waals surface area contributed by atoms with E-state index in [1.54, 1.807) is 14.2 Å². The van der Waals surface area contributed by atoms with Crippen LogP contribution in [-0.4, -0.2) is 25.0 Å². The standard InChI is InChI=1S/C20H20N2O2S/c1-23-14-6-3-12(4-7-14)18-17-9-5-13-11-15(24-2)8-10-16(13)19(17)22-20(25)21-18/h3-4,6-8,10-11,17-18H,5,9H2,1-2H3,(H,21,25). The lowest BCUT2D eigenvalue weighted by Crippen LogP contribution is -2.43. The Hall–Kier alpha value is -2.40. The zero-order valence-corrected chi connectivity index (χ0v) is 15.1. The van der Waals surface area contributed by atoms with E-state index in [1.807, 2.05) is 18.2 Å². The summed E-state index contributed by atoms with van der Waals surface area (Å²) in [6, 6.07) is 14.6. The highest BCUT2D eigenvalue weighted by atomic mass is 32.1. The van der Waals surface area contributed by atoms with E-state index >= 15 is 0 Å². The van der Waals surface area contributed by atoms with Crippen molar-refractivity contribution in [1.29, 1.82) is 0 Å². The van der Waals surface area contributed by atoms with E-state index in [2.05, 4.69) is 34.6 Å². The van der Waals surface area contributed by atoms with Gasteiger partial charge in [0, 0.05) is 5.92 Å². The zero-order chi connectivity index (χ0) is 17.4. The third-order valence-corrected chi connectivity index (χ3v) is 5.25. The second-order valence-electron chi connectivity index (χ2n) is 6.37. The summed E-state index contributed by atoms with van der Waals surface area (Å²) in [6.07, 6.45) is 2.04. The third-order valence-electron chi connectivity index (χ3n) is 5.04. The first-order chi connectivity index (χ1) is 12.2. The molecular formula is C20H20N2O2S. The van der Waals surface area contributed by atoms with Gasteiger partial charge in [-0.25, -0.2) is 4.99 Å². The van der Waals surface area contributed by atoms with E-state index in [0.29, 0.717) is 11.0 Å². The van der Waals surface area contributed by atoms with Gasteiger partial charge in [-0.1, -0.05) is 12.1 Å². The number of methoxy groups -OCH3 is 2. The molecule has 128 valence electrons. The monoisotopic (exact) mass is 352 g/mol. The molecule has 0 spiro atoms. The van der Waals surface area contributed by atoms with Gasteiger partial charge in [-0.15, -0.1) is 0 Å². The number of hydrogen-bond donors (Lipinski definition) is 1. The summed E-state index contributed by atoms with van der Waals surface area (Å²) in [5.74, 6) is 2.05. The number of fused-ring (bicyclic) bond motifs is 3. The number of thiocarbonyl (C=S) groups is 1. The molecule has 0 fully saturated rings. The maximum Gasteiger partial charge on any atom is 0.193 e. The summed E-state index contributed by atoms with van der Waals surface area (Å²) in [6.45, 7) is 0. The van der Waals surface area contributed by atoms with Gasteiger partial charge in [0.15, 0.2) is 5.11 Å². The molecule has 1 aliphatic heterocycles. The number of ether oxygens (including phenoxy) is 2. The number of nitrogens with one attached hydrogen (secondary N) is 1. The minimum atomic E-state index is 0.140. The van der Waals surface area contributed by atoms with Crippen molar-refractivity contribution in [3.05, 3.63) is 59.2 Å². The van der Waals surface area contributed by atoms with Gasteiger partial charge >= 0.3 is 0 Å². The van der Waals surface area contributed by atoms with E-state index in [1.165, 1.54) is 16.7 Å². The van der Waals surface area contributed by atoms with Crippen LogP contribution in [0.5, 0.6) is 11.5 Å². The molecule has 0 amide bonds. The molecule has 0 aromatic heterocycles. The molecule has 2 aliphatic rings. The number of rotatable bonds is 3. The minimum Gasteiger partial charge on any atom is -0.497 e. The van der Waals surface area contributed by atoms with Crippen LogP contribution in [0.1, 0.15) is 29.2 Å². The Morgan fingerprint density at radius 3 is 2.48 bits per heavy atom. The molecule has 1 N–H and O–H groups in total. The third kappa shape index (κ3) is 2.89. The second kappa shape index (κ2) is 6.48. The van der Waals surface area contributed by atoms with E-state index in [4.69, 9.17) is 21.7 Å². The van der Waals surface area contributed by atoms with Crippen LogP contribution in [-0.2, 0) is 6.42 Å². The van der Waals surface area contributed by atoms with Crippen LogP contribution in [0.3, 0.4) is 0 Å². The molecule has 1 heterocycles. The molecule has 0 saturated heterocycles. The number of benzene rings is 2. The van der Waals surface area contributed by atoms with Crippen molar-refractivity contribution >= 4 is 23.0 Å². The topological polar surface area (TPSA) is 42.8 Å². The van der Waals surface area contributed by atoms with Crippen molar-refractivity contribution in [1.82, 2.24) is 5.32 Å². The normalized spacial score (nSPS) is 21.5. The quantitative estimate of drug-likeness (QED) is 0.856.